The van der Waals surface area contributed by atoms with Crippen LogP contribution in [0, 0.1) is 0 Å². The van der Waals surface area contributed by atoms with E-state index in [2.05, 4.69) is 39.7 Å². The van der Waals surface area contributed by atoms with Crippen molar-refractivity contribution < 1.29 is 4.79 Å². The van der Waals surface area contributed by atoms with Crippen molar-refractivity contribution >= 4 is 11.6 Å². The van der Waals surface area contributed by atoms with Crippen LogP contribution in [0.1, 0.15) is 38.1 Å². The zero-order chi connectivity index (χ0) is 16.3. The molecule has 0 saturated carbocycles. The van der Waals surface area contributed by atoms with Gasteiger partial charge in [-0.1, -0.05) is 36.4 Å². The number of aromatic nitrogens is 4. The first-order valence-electron chi connectivity index (χ1n) is 8.01. The second-order valence-electron chi connectivity index (χ2n) is 5.77. The number of nitrogens with zero attached hydrogens (tertiary/aromatic N) is 4. The highest BCUT2D eigenvalue weighted by atomic mass is 16.2. The number of rotatable bonds is 5. The number of anilines is 1. The average molecular weight is 311 g/mol. The van der Waals surface area contributed by atoms with Crippen LogP contribution in [0.5, 0.6) is 0 Å². The third-order valence-corrected chi connectivity index (χ3v) is 4.47. The maximum Gasteiger partial charge on any atom is 0.241 e. The lowest BCUT2D eigenvalue weighted by Crippen LogP contribution is -2.46. The summed E-state index contributed by atoms with van der Waals surface area (Å²) in [6.45, 7) is 4.70. The number of likely N-dealkylation sites (N-methyl/N-ethyl adjacent to an activating group) is 1. The molecule has 120 valence electrons. The summed E-state index contributed by atoms with van der Waals surface area (Å²) in [6, 6.07) is 8.13. The van der Waals surface area contributed by atoms with Crippen LogP contribution >= 0.6 is 0 Å². The molecule has 0 atom stereocenters. The zero-order valence-corrected chi connectivity index (χ0v) is 13.5. The van der Waals surface area contributed by atoms with Gasteiger partial charge in [0.15, 0.2) is 5.82 Å². The number of hydrogen-bond acceptors (Lipinski definition) is 4. The van der Waals surface area contributed by atoms with Gasteiger partial charge < -0.3 is 4.90 Å². The first-order chi connectivity index (χ1) is 11.2. The number of H-pyrrole nitrogens is 1. The van der Waals surface area contributed by atoms with Crippen molar-refractivity contribution in [2.24, 2.45) is 0 Å². The molecule has 2 aromatic rings. The van der Waals surface area contributed by atoms with E-state index in [1.54, 1.807) is 0 Å². The third-order valence-electron chi connectivity index (χ3n) is 4.47. The van der Waals surface area contributed by atoms with Crippen LogP contribution < -0.4 is 4.90 Å². The molecule has 0 fully saturated rings. The predicted octanol–water partition coefficient (Wildman–Crippen LogP) is 2.40. The molecule has 0 saturated heterocycles. The first kappa shape index (κ1) is 15.4. The normalized spacial score (nSPS) is 15.7. The molecule has 1 amide bonds. The second-order valence-corrected chi connectivity index (χ2v) is 5.77. The maximum atomic E-state index is 13.4. The molecule has 23 heavy (non-hydrogen) atoms. The van der Waals surface area contributed by atoms with Crippen molar-refractivity contribution in [3.8, 4) is 0 Å². The van der Waals surface area contributed by atoms with Gasteiger partial charge in [0.25, 0.3) is 0 Å². The number of carbonyl (C=O) groups is 1. The van der Waals surface area contributed by atoms with Gasteiger partial charge in [-0.15, -0.1) is 10.2 Å². The minimum atomic E-state index is -0.745. The Balaban J connectivity index is 1.98. The number of hydrogen-bond donors (Lipinski definition) is 1. The van der Waals surface area contributed by atoms with E-state index in [0.29, 0.717) is 25.2 Å². The Morgan fingerprint density at radius 2 is 2.09 bits per heavy atom. The van der Waals surface area contributed by atoms with Gasteiger partial charge in [0.05, 0.1) is 0 Å². The second kappa shape index (κ2) is 6.32. The standard InChI is InChI=1S/C17H21N5O/c1-3-13-8-7-9-14(12-13)22(4-2)16(23)17(10-5-6-11-17)15-18-20-21-19-15/h5-9,12H,3-4,10-11H2,1-2H3,(H,18,19,20,21). The van der Waals surface area contributed by atoms with Gasteiger partial charge >= 0.3 is 0 Å². The summed E-state index contributed by atoms with van der Waals surface area (Å²) >= 11 is 0. The predicted molar refractivity (Wildman–Crippen MR) is 88.1 cm³/mol. The van der Waals surface area contributed by atoms with Gasteiger partial charge in [0, 0.05) is 12.2 Å². The van der Waals surface area contributed by atoms with Gasteiger partial charge in [0.2, 0.25) is 5.91 Å². The van der Waals surface area contributed by atoms with Crippen molar-refractivity contribution in [3.05, 3.63) is 47.8 Å². The van der Waals surface area contributed by atoms with Crippen molar-refractivity contribution in [2.45, 2.75) is 38.5 Å². The Kier molecular flexibility index (Phi) is 4.23. The summed E-state index contributed by atoms with van der Waals surface area (Å²) in [5.74, 6) is 0.497. The molecule has 0 spiro atoms. The van der Waals surface area contributed by atoms with Crippen LogP contribution in [0.4, 0.5) is 5.69 Å². The number of allylic oxidation sites excluding steroid dienone is 2. The monoisotopic (exact) mass is 311 g/mol. The molecule has 1 aromatic heterocycles. The summed E-state index contributed by atoms with van der Waals surface area (Å²) in [5.41, 5.74) is 1.39. The van der Waals surface area contributed by atoms with Gasteiger partial charge in [-0.2, -0.15) is 5.21 Å². The number of aromatic amines is 1. The van der Waals surface area contributed by atoms with Crippen LogP contribution in [-0.4, -0.2) is 33.1 Å². The summed E-state index contributed by atoms with van der Waals surface area (Å²) in [4.78, 5) is 15.2. The lowest BCUT2D eigenvalue weighted by atomic mass is 9.82. The number of nitrogens with one attached hydrogen (secondary N) is 1. The smallest absolute Gasteiger partial charge is 0.241 e. The lowest BCUT2D eigenvalue weighted by Gasteiger charge is -2.31. The molecule has 0 aliphatic heterocycles. The van der Waals surface area contributed by atoms with Gasteiger partial charge in [-0.25, -0.2) is 0 Å². The molecule has 1 aliphatic carbocycles. The van der Waals surface area contributed by atoms with Gasteiger partial charge in [0.1, 0.15) is 5.41 Å². The quantitative estimate of drug-likeness (QED) is 0.860. The van der Waals surface area contributed by atoms with Crippen molar-refractivity contribution in [1.29, 1.82) is 0 Å². The van der Waals surface area contributed by atoms with Crippen LogP contribution in [0.15, 0.2) is 36.4 Å². The maximum absolute atomic E-state index is 13.4. The van der Waals surface area contributed by atoms with Crippen molar-refractivity contribution in [3.63, 3.8) is 0 Å². The third kappa shape index (κ3) is 2.65. The summed E-state index contributed by atoms with van der Waals surface area (Å²) < 4.78 is 0. The van der Waals surface area contributed by atoms with E-state index in [1.165, 1.54) is 5.56 Å². The van der Waals surface area contributed by atoms with E-state index >= 15 is 0 Å². The molecule has 3 rings (SSSR count). The van der Waals surface area contributed by atoms with Gasteiger partial charge in [-0.3, -0.25) is 4.79 Å². The highest BCUT2D eigenvalue weighted by molar-refractivity contribution is 6.01. The fraction of sp³-hybridized carbons (Fsp3) is 0.412. The molecule has 1 N–H and O–H groups in total. The SMILES string of the molecule is CCc1cccc(N(CC)C(=O)C2(c3nn[nH]n3)CC=CC2)c1. The summed E-state index contributed by atoms with van der Waals surface area (Å²) in [6.07, 6.45) is 6.19. The molecule has 0 bridgehead atoms. The van der Waals surface area contributed by atoms with E-state index in [1.807, 2.05) is 36.1 Å². The number of amides is 1. The van der Waals surface area contributed by atoms with Gasteiger partial charge in [-0.05, 0) is 43.9 Å². The Hall–Kier alpha value is -2.50. The van der Waals surface area contributed by atoms with Crippen LogP contribution in [0.3, 0.4) is 0 Å². The molecule has 6 heteroatoms. The van der Waals surface area contributed by atoms with E-state index < -0.39 is 5.41 Å². The van der Waals surface area contributed by atoms with E-state index in [9.17, 15) is 4.79 Å². The molecule has 6 nitrogen and oxygen atoms in total. The number of aryl methyl sites for hydroxylation is 1. The Morgan fingerprint density at radius 1 is 1.30 bits per heavy atom. The van der Waals surface area contributed by atoms with E-state index in [4.69, 9.17) is 0 Å². The number of benzene rings is 1. The molecule has 1 aliphatic rings. The number of tetrazole rings is 1. The first-order valence-corrected chi connectivity index (χ1v) is 8.01. The van der Waals surface area contributed by atoms with E-state index in [-0.39, 0.29) is 5.91 Å². The molecule has 1 aromatic carbocycles. The van der Waals surface area contributed by atoms with E-state index in [0.717, 1.165) is 12.1 Å². The molecular formula is C17H21N5O. The average Bonchev–Trinajstić information content (AvgIpc) is 3.27. The molecule has 0 unspecified atom stereocenters. The minimum Gasteiger partial charge on any atom is -0.312 e. The van der Waals surface area contributed by atoms with Crippen LogP contribution in [-0.2, 0) is 16.6 Å². The zero-order valence-electron chi connectivity index (χ0n) is 13.5. The fourth-order valence-corrected chi connectivity index (χ4v) is 3.12. The van der Waals surface area contributed by atoms with Crippen LogP contribution in [0.25, 0.3) is 0 Å². The highest BCUT2D eigenvalue weighted by Gasteiger charge is 2.46. The highest BCUT2D eigenvalue weighted by Crippen LogP contribution is 2.37. The fourth-order valence-electron chi connectivity index (χ4n) is 3.12. The lowest BCUT2D eigenvalue weighted by molar-refractivity contribution is -0.124. The van der Waals surface area contributed by atoms with Crippen molar-refractivity contribution in [2.75, 3.05) is 11.4 Å². The van der Waals surface area contributed by atoms with Crippen LogP contribution in [0.2, 0.25) is 0 Å². The summed E-state index contributed by atoms with van der Waals surface area (Å²) in [5, 5.41) is 14.3. The van der Waals surface area contributed by atoms with Crippen molar-refractivity contribution in [1.82, 2.24) is 20.6 Å². The minimum absolute atomic E-state index is 0.0275. The Morgan fingerprint density at radius 3 is 2.70 bits per heavy atom. The Bertz CT molecular complexity index is 700. The summed E-state index contributed by atoms with van der Waals surface area (Å²) in [7, 11) is 0. The Labute approximate surface area is 135 Å². The molecule has 1 heterocycles. The number of carbonyl (C=O) groups excluding carboxylic acids is 1. The molecule has 0 radical (unpaired) electrons. The largest absolute Gasteiger partial charge is 0.312 e. The topological polar surface area (TPSA) is 74.8 Å². The molecular weight excluding hydrogens is 290 g/mol.